The van der Waals surface area contributed by atoms with Crippen molar-refractivity contribution in [2.75, 3.05) is 26.7 Å². The first-order valence-corrected chi connectivity index (χ1v) is 11.7. The summed E-state index contributed by atoms with van der Waals surface area (Å²) >= 11 is 0. The number of piperidine rings is 2. The van der Waals surface area contributed by atoms with Crippen LogP contribution >= 0.6 is 0 Å². The second-order valence-electron chi connectivity index (χ2n) is 9.10. The normalized spacial score (nSPS) is 19.8. The summed E-state index contributed by atoms with van der Waals surface area (Å²) in [5, 5.41) is 4.42. The van der Waals surface area contributed by atoms with Crippen LogP contribution < -0.4 is 4.74 Å². The third-order valence-corrected chi connectivity index (χ3v) is 6.95. The summed E-state index contributed by atoms with van der Waals surface area (Å²) in [5.41, 5.74) is 2.64. The fraction of sp³-hybridized carbons (Fsp3) is 0.560. The van der Waals surface area contributed by atoms with E-state index in [0.29, 0.717) is 23.8 Å². The molecule has 7 heteroatoms. The van der Waals surface area contributed by atoms with Gasteiger partial charge in [-0.3, -0.25) is 14.3 Å². The highest BCUT2D eigenvalue weighted by Gasteiger charge is 2.36. The molecule has 172 valence electrons. The molecule has 0 spiro atoms. The highest BCUT2D eigenvalue weighted by molar-refractivity contribution is 5.95. The summed E-state index contributed by atoms with van der Waals surface area (Å²) in [5.74, 6) is 1.36. The summed E-state index contributed by atoms with van der Waals surface area (Å²) in [6.07, 6.45) is 5.13. The molecule has 2 saturated heterocycles. The molecule has 0 N–H and O–H groups in total. The van der Waals surface area contributed by atoms with Gasteiger partial charge in [0.1, 0.15) is 12.3 Å². The van der Waals surface area contributed by atoms with E-state index in [1.54, 1.807) is 11.8 Å². The number of carbonyl (C=O) groups excluding carboxylic acids is 2. The zero-order chi connectivity index (χ0) is 22.7. The molecule has 1 aromatic heterocycles. The second-order valence-corrected chi connectivity index (χ2v) is 9.10. The molecule has 2 aliphatic rings. The summed E-state index contributed by atoms with van der Waals surface area (Å²) < 4.78 is 7.10. The SMILES string of the molecule is COc1cccc(C(=O)N2CCCC[C@@H]2C2CCN(C(=O)Cn3nc(C)cc3C)CC2)c1. The number of hydrogen-bond donors (Lipinski definition) is 0. The van der Waals surface area contributed by atoms with Gasteiger partial charge in [0.2, 0.25) is 5.91 Å². The van der Waals surface area contributed by atoms with E-state index in [1.165, 1.54) is 0 Å². The first kappa shape index (κ1) is 22.4. The van der Waals surface area contributed by atoms with E-state index in [-0.39, 0.29) is 17.9 Å². The summed E-state index contributed by atoms with van der Waals surface area (Å²) in [7, 11) is 1.62. The zero-order valence-corrected chi connectivity index (χ0v) is 19.4. The minimum Gasteiger partial charge on any atom is -0.497 e. The van der Waals surface area contributed by atoms with Crippen molar-refractivity contribution >= 4 is 11.8 Å². The first-order valence-electron chi connectivity index (χ1n) is 11.7. The van der Waals surface area contributed by atoms with Crippen LogP contribution in [-0.2, 0) is 11.3 Å². The Morgan fingerprint density at radius 1 is 1.06 bits per heavy atom. The van der Waals surface area contributed by atoms with Gasteiger partial charge in [-0.25, -0.2) is 0 Å². The lowest BCUT2D eigenvalue weighted by Crippen LogP contribution is -2.51. The van der Waals surface area contributed by atoms with Gasteiger partial charge in [0.15, 0.2) is 0 Å². The monoisotopic (exact) mass is 438 g/mol. The topological polar surface area (TPSA) is 67.7 Å². The van der Waals surface area contributed by atoms with Gasteiger partial charge < -0.3 is 14.5 Å². The van der Waals surface area contributed by atoms with Crippen LogP contribution in [0.15, 0.2) is 30.3 Å². The molecule has 32 heavy (non-hydrogen) atoms. The smallest absolute Gasteiger partial charge is 0.254 e. The van der Waals surface area contributed by atoms with Crippen LogP contribution in [0, 0.1) is 19.8 Å². The van der Waals surface area contributed by atoms with Crippen LogP contribution in [0.2, 0.25) is 0 Å². The van der Waals surface area contributed by atoms with Gasteiger partial charge in [0.25, 0.3) is 5.91 Å². The van der Waals surface area contributed by atoms with Gasteiger partial charge in [-0.15, -0.1) is 0 Å². The van der Waals surface area contributed by atoms with Gasteiger partial charge in [0.05, 0.1) is 12.8 Å². The van der Waals surface area contributed by atoms with Gasteiger partial charge in [-0.05, 0) is 76.1 Å². The van der Waals surface area contributed by atoms with Crippen molar-refractivity contribution in [3.63, 3.8) is 0 Å². The van der Waals surface area contributed by atoms with Crippen LogP contribution in [0.5, 0.6) is 5.75 Å². The fourth-order valence-corrected chi connectivity index (χ4v) is 5.22. The van der Waals surface area contributed by atoms with Crippen molar-refractivity contribution in [3.8, 4) is 5.75 Å². The molecular weight excluding hydrogens is 404 g/mol. The Labute approximate surface area is 190 Å². The lowest BCUT2D eigenvalue weighted by Gasteiger charge is -2.43. The highest BCUT2D eigenvalue weighted by Crippen LogP contribution is 2.32. The van der Waals surface area contributed by atoms with Crippen molar-refractivity contribution in [2.45, 2.75) is 58.5 Å². The number of hydrogen-bond acceptors (Lipinski definition) is 4. The van der Waals surface area contributed by atoms with Gasteiger partial charge in [-0.2, -0.15) is 5.10 Å². The maximum absolute atomic E-state index is 13.3. The fourth-order valence-electron chi connectivity index (χ4n) is 5.22. The third-order valence-electron chi connectivity index (χ3n) is 6.95. The number of rotatable bonds is 5. The van der Waals surface area contributed by atoms with Crippen molar-refractivity contribution in [1.82, 2.24) is 19.6 Å². The molecule has 0 saturated carbocycles. The molecule has 2 aliphatic heterocycles. The van der Waals surface area contributed by atoms with E-state index < -0.39 is 0 Å². The Bertz CT molecular complexity index is 962. The summed E-state index contributed by atoms with van der Waals surface area (Å²) in [4.78, 5) is 30.2. The Morgan fingerprint density at radius 2 is 1.84 bits per heavy atom. The molecular formula is C25H34N4O3. The van der Waals surface area contributed by atoms with E-state index in [4.69, 9.17) is 4.74 Å². The van der Waals surface area contributed by atoms with E-state index in [9.17, 15) is 9.59 Å². The Hall–Kier alpha value is -2.83. The number of benzene rings is 1. The van der Waals surface area contributed by atoms with Crippen molar-refractivity contribution in [1.29, 1.82) is 0 Å². The highest BCUT2D eigenvalue weighted by atomic mass is 16.5. The van der Waals surface area contributed by atoms with Crippen molar-refractivity contribution in [3.05, 3.63) is 47.3 Å². The number of likely N-dealkylation sites (tertiary alicyclic amines) is 2. The summed E-state index contributed by atoms with van der Waals surface area (Å²) in [6.45, 7) is 6.53. The van der Waals surface area contributed by atoms with Crippen LogP contribution in [0.25, 0.3) is 0 Å². The molecule has 0 aliphatic carbocycles. The molecule has 2 aromatic rings. The van der Waals surface area contributed by atoms with Gasteiger partial charge in [0, 0.05) is 36.9 Å². The number of carbonyl (C=O) groups is 2. The molecule has 7 nitrogen and oxygen atoms in total. The molecule has 0 bridgehead atoms. The van der Waals surface area contributed by atoms with Crippen LogP contribution in [-0.4, -0.2) is 64.2 Å². The summed E-state index contributed by atoms with van der Waals surface area (Å²) in [6, 6.07) is 9.68. The van der Waals surface area contributed by atoms with E-state index in [0.717, 1.165) is 63.1 Å². The zero-order valence-electron chi connectivity index (χ0n) is 19.4. The second kappa shape index (κ2) is 9.76. The maximum atomic E-state index is 13.3. The Morgan fingerprint density at radius 3 is 2.53 bits per heavy atom. The average molecular weight is 439 g/mol. The predicted molar refractivity (Wildman–Crippen MR) is 123 cm³/mol. The minimum atomic E-state index is 0.0941. The number of aromatic nitrogens is 2. The lowest BCUT2D eigenvalue weighted by atomic mass is 9.83. The molecule has 3 heterocycles. The standard InChI is InChI=1S/C25H34N4O3/c1-18-15-19(2)29(26-18)17-24(30)27-13-10-20(11-14-27)23-9-4-5-12-28(23)25(31)21-7-6-8-22(16-21)32-3/h6-8,15-16,20,23H,4-5,9-14,17H2,1-3H3/t23-/m1/s1. The molecule has 2 amide bonds. The van der Waals surface area contributed by atoms with Crippen LogP contribution in [0.4, 0.5) is 0 Å². The predicted octanol–water partition coefficient (Wildman–Crippen LogP) is 3.44. The number of methoxy groups -OCH3 is 1. The number of nitrogens with zero attached hydrogens (tertiary/aromatic N) is 4. The van der Waals surface area contributed by atoms with Crippen molar-refractivity contribution in [2.24, 2.45) is 5.92 Å². The largest absolute Gasteiger partial charge is 0.497 e. The third kappa shape index (κ3) is 4.81. The van der Waals surface area contributed by atoms with Crippen LogP contribution in [0.1, 0.15) is 53.8 Å². The quantitative estimate of drug-likeness (QED) is 0.717. The Kier molecular flexibility index (Phi) is 6.82. The molecule has 0 unspecified atom stereocenters. The van der Waals surface area contributed by atoms with Gasteiger partial charge >= 0.3 is 0 Å². The van der Waals surface area contributed by atoms with E-state index in [1.807, 2.05) is 49.1 Å². The molecule has 0 radical (unpaired) electrons. The van der Waals surface area contributed by atoms with Crippen molar-refractivity contribution < 1.29 is 14.3 Å². The molecule has 4 rings (SSSR count). The number of aryl methyl sites for hydroxylation is 2. The number of amides is 2. The van der Waals surface area contributed by atoms with E-state index in [2.05, 4.69) is 10.00 Å². The molecule has 1 aromatic carbocycles. The minimum absolute atomic E-state index is 0.0941. The van der Waals surface area contributed by atoms with Gasteiger partial charge in [-0.1, -0.05) is 6.07 Å². The first-order chi connectivity index (χ1) is 15.5. The number of ether oxygens (including phenoxy) is 1. The molecule has 1 atom stereocenters. The average Bonchev–Trinajstić information content (AvgIpc) is 3.14. The van der Waals surface area contributed by atoms with Crippen LogP contribution in [0.3, 0.4) is 0 Å². The lowest BCUT2D eigenvalue weighted by molar-refractivity contribution is -0.133. The molecule has 2 fully saturated rings. The van der Waals surface area contributed by atoms with E-state index >= 15 is 0 Å². The maximum Gasteiger partial charge on any atom is 0.254 e. The Balaban J connectivity index is 1.38.